The van der Waals surface area contributed by atoms with E-state index in [2.05, 4.69) is 76.1 Å². The van der Waals surface area contributed by atoms with E-state index in [-0.39, 0.29) is 6.17 Å². The van der Waals surface area contributed by atoms with Crippen LogP contribution in [0.25, 0.3) is 5.70 Å². The molecular weight excluding hydrogens is 372 g/mol. The average molecular weight is 403 g/mol. The Hall–Kier alpha value is -2.96. The molecule has 2 aliphatic rings. The number of benzene rings is 2. The van der Waals surface area contributed by atoms with E-state index in [1.807, 2.05) is 0 Å². The SMILES string of the molecule is Cc1ccc(Cc2ccc(C(N)=C3C(N)=NC=NC3NC3CCNCC3)cc2)cc1. The Labute approximate surface area is 178 Å². The highest BCUT2D eigenvalue weighted by molar-refractivity contribution is 6.08. The van der Waals surface area contributed by atoms with Crippen molar-refractivity contribution in [1.29, 1.82) is 0 Å². The molecule has 6 N–H and O–H groups in total. The van der Waals surface area contributed by atoms with Gasteiger partial charge in [-0.3, -0.25) is 5.32 Å². The normalized spacial score (nSPS) is 21.4. The molecule has 0 bridgehead atoms. The molecule has 2 heterocycles. The van der Waals surface area contributed by atoms with Crippen LogP contribution < -0.4 is 22.1 Å². The number of hydrogen-bond donors (Lipinski definition) is 4. The van der Waals surface area contributed by atoms with Crippen LogP contribution in [0, 0.1) is 6.92 Å². The third-order valence-corrected chi connectivity index (χ3v) is 5.78. The lowest BCUT2D eigenvalue weighted by molar-refractivity contribution is 0.368. The molecule has 6 nitrogen and oxygen atoms in total. The second kappa shape index (κ2) is 9.24. The minimum absolute atomic E-state index is 0.266. The van der Waals surface area contributed by atoms with Crippen LogP contribution in [-0.2, 0) is 6.42 Å². The average Bonchev–Trinajstić information content (AvgIpc) is 2.76. The van der Waals surface area contributed by atoms with Gasteiger partial charge in [-0.2, -0.15) is 0 Å². The smallest absolute Gasteiger partial charge is 0.134 e. The molecule has 1 unspecified atom stereocenters. The summed E-state index contributed by atoms with van der Waals surface area (Å²) in [6, 6.07) is 17.4. The standard InChI is InChI=1S/C24H30N6/c1-16-2-4-17(5-3-16)14-18-6-8-19(9-7-18)22(25)21-23(26)28-15-29-24(21)30-20-10-12-27-13-11-20/h2-9,15,20,24,27,30H,10-14,25H2,1H3,(H2,26,28,29). The predicted octanol–water partition coefficient (Wildman–Crippen LogP) is 2.32. The third-order valence-electron chi connectivity index (χ3n) is 5.78. The highest BCUT2D eigenvalue weighted by atomic mass is 15.1. The summed E-state index contributed by atoms with van der Waals surface area (Å²) in [5.74, 6) is 0.428. The van der Waals surface area contributed by atoms with E-state index in [0.29, 0.717) is 17.6 Å². The van der Waals surface area contributed by atoms with Crippen molar-refractivity contribution in [3.8, 4) is 0 Å². The first-order valence-corrected chi connectivity index (χ1v) is 10.6. The minimum atomic E-state index is -0.266. The number of hydrogen-bond acceptors (Lipinski definition) is 6. The van der Waals surface area contributed by atoms with E-state index in [4.69, 9.17) is 11.5 Å². The zero-order chi connectivity index (χ0) is 20.9. The number of rotatable bonds is 5. The van der Waals surface area contributed by atoms with Crippen molar-refractivity contribution in [3.63, 3.8) is 0 Å². The Balaban J connectivity index is 1.53. The van der Waals surface area contributed by atoms with E-state index in [1.165, 1.54) is 23.0 Å². The molecule has 0 aromatic heterocycles. The van der Waals surface area contributed by atoms with Crippen LogP contribution >= 0.6 is 0 Å². The molecule has 0 radical (unpaired) electrons. The Morgan fingerprint density at radius 3 is 2.33 bits per heavy atom. The predicted molar refractivity (Wildman–Crippen MR) is 124 cm³/mol. The molecule has 1 saturated heterocycles. The van der Waals surface area contributed by atoms with Crippen molar-refractivity contribution in [2.24, 2.45) is 21.5 Å². The van der Waals surface area contributed by atoms with Crippen LogP contribution in [0.15, 0.2) is 64.1 Å². The van der Waals surface area contributed by atoms with Gasteiger partial charge < -0.3 is 16.8 Å². The fourth-order valence-electron chi connectivity index (χ4n) is 3.97. The van der Waals surface area contributed by atoms with Crippen molar-refractivity contribution >= 4 is 17.9 Å². The molecule has 2 aliphatic heterocycles. The first-order chi connectivity index (χ1) is 14.6. The quantitative estimate of drug-likeness (QED) is 0.617. The van der Waals surface area contributed by atoms with Crippen LogP contribution in [0.2, 0.25) is 0 Å². The number of aryl methyl sites for hydroxylation is 1. The number of nitrogens with one attached hydrogen (secondary N) is 2. The summed E-state index contributed by atoms with van der Waals surface area (Å²) in [4.78, 5) is 8.71. The van der Waals surface area contributed by atoms with E-state index in [1.54, 1.807) is 0 Å². The fraction of sp³-hybridized carbons (Fsp3) is 0.333. The number of aliphatic imine (C=N–C) groups is 2. The minimum Gasteiger partial charge on any atom is -0.398 e. The highest BCUT2D eigenvalue weighted by Gasteiger charge is 2.26. The van der Waals surface area contributed by atoms with Gasteiger partial charge in [-0.25, -0.2) is 9.98 Å². The lowest BCUT2D eigenvalue weighted by Crippen LogP contribution is -2.47. The number of nitrogens with zero attached hydrogens (tertiary/aromatic N) is 2. The van der Waals surface area contributed by atoms with Crippen LogP contribution in [0.5, 0.6) is 0 Å². The molecule has 156 valence electrons. The van der Waals surface area contributed by atoms with Gasteiger partial charge in [0.15, 0.2) is 0 Å². The van der Waals surface area contributed by atoms with Crippen molar-refractivity contribution in [2.75, 3.05) is 13.1 Å². The molecule has 1 atom stereocenters. The van der Waals surface area contributed by atoms with E-state index >= 15 is 0 Å². The summed E-state index contributed by atoms with van der Waals surface area (Å²) in [6.45, 7) is 4.12. The second-order valence-corrected chi connectivity index (χ2v) is 8.06. The van der Waals surface area contributed by atoms with Gasteiger partial charge in [-0.1, -0.05) is 54.1 Å². The summed E-state index contributed by atoms with van der Waals surface area (Å²) in [5, 5.41) is 6.98. The maximum Gasteiger partial charge on any atom is 0.134 e. The maximum absolute atomic E-state index is 6.57. The molecule has 4 rings (SSSR count). The van der Waals surface area contributed by atoms with Gasteiger partial charge in [0.25, 0.3) is 0 Å². The van der Waals surface area contributed by atoms with Gasteiger partial charge in [0.2, 0.25) is 0 Å². The van der Waals surface area contributed by atoms with Crippen molar-refractivity contribution in [1.82, 2.24) is 10.6 Å². The lowest BCUT2D eigenvalue weighted by Gasteiger charge is -2.29. The molecule has 0 amide bonds. The zero-order valence-electron chi connectivity index (χ0n) is 17.4. The Bertz CT molecular complexity index is 950. The van der Waals surface area contributed by atoms with Crippen LogP contribution in [0.1, 0.15) is 35.1 Å². The van der Waals surface area contributed by atoms with Crippen LogP contribution in [0.4, 0.5) is 0 Å². The van der Waals surface area contributed by atoms with Crippen molar-refractivity contribution in [3.05, 3.63) is 76.4 Å². The van der Waals surface area contributed by atoms with Crippen molar-refractivity contribution < 1.29 is 0 Å². The van der Waals surface area contributed by atoms with E-state index in [9.17, 15) is 0 Å². The zero-order valence-corrected chi connectivity index (χ0v) is 17.4. The molecular formula is C24H30N6. The van der Waals surface area contributed by atoms with E-state index < -0.39 is 0 Å². The summed E-state index contributed by atoms with van der Waals surface area (Å²) in [5.41, 5.74) is 18.9. The summed E-state index contributed by atoms with van der Waals surface area (Å²) in [6.07, 6.45) is 4.27. The van der Waals surface area contributed by atoms with E-state index in [0.717, 1.165) is 43.5 Å². The van der Waals surface area contributed by atoms with Gasteiger partial charge in [0.1, 0.15) is 18.3 Å². The highest BCUT2D eigenvalue weighted by Crippen LogP contribution is 2.22. The molecule has 2 aromatic rings. The Morgan fingerprint density at radius 2 is 1.67 bits per heavy atom. The molecule has 1 fully saturated rings. The Morgan fingerprint density at radius 1 is 1.03 bits per heavy atom. The second-order valence-electron chi connectivity index (χ2n) is 8.06. The van der Waals surface area contributed by atoms with Crippen molar-refractivity contribution in [2.45, 2.75) is 38.4 Å². The topological polar surface area (TPSA) is 101 Å². The largest absolute Gasteiger partial charge is 0.398 e. The first kappa shape index (κ1) is 20.3. The number of amidine groups is 1. The van der Waals surface area contributed by atoms with Crippen LogP contribution in [-0.4, -0.2) is 37.5 Å². The number of nitrogens with two attached hydrogens (primary N) is 2. The van der Waals surface area contributed by atoms with Gasteiger partial charge in [-0.05, 0) is 56.0 Å². The monoisotopic (exact) mass is 402 g/mol. The maximum atomic E-state index is 6.57. The molecule has 30 heavy (non-hydrogen) atoms. The molecule has 2 aromatic carbocycles. The van der Waals surface area contributed by atoms with Gasteiger partial charge in [0.05, 0.1) is 5.57 Å². The number of piperidine rings is 1. The summed E-state index contributed by atoms with van der Waals surface area (Å²) < 4.78 is 0. The summed E-state index contributed by atoms with van der Waals surface area (Å²) >= 11 is 0. The van der Waals surface area contributed by atoms with Gasteiger partial charge in [-0.15, -0.1) is 0 Å². The third kappa shape index (κ3) is 4.78. The fourth-order valence-corrected chi connectivity index (χ4v) is 3.97. The first-order valence-electron chi connectivity index (χ1n) is 10.6. The summed E-state index contributed by atoms with van der Waals surface area (Å²) in [7, 11) is 0. The van der Waals surface area contributed by atoms with Crippen LogP contribution in [0.3, 0.4) is 0 Å². The van der Waals surface area contributed by atoms with Gasteiger partial charge in [0, 0.05) is 11.7 Å². The van der Waals surface area contributed by atoms with Gasteiger partial charge >= 0.3 is 0 Å². The molecule has 0 aliphatic carbocycles. The molecule has 0 saturated carbocycles. The molecule has 0 spiro atoms. The Kier molecular flexibility index (Phi) is 6.26. The lowest BCUT2D eigenvalue weighted by atomic mass is 9.98. The molecule has 6 heteroatoms.